The zero-order chi connectivity index (χ0) is 14.4. The van der Waals surface area contributed by atoms with Gasteiger partial charge in [0.1, 0.15) is 5.75 Å². The van der Waals surface area contributed by atoms with Gasteiger partial charge in [-0.1, -0.05) is 23.2 Å². The Kier molecular flexibility index (Phi) is 5.43. The van der Waals surface area contributed by atoms with Crippen molar-refractivity contribution in [3.8, 4) is 5.75 Å². The Morgan fingerprint density at radius 1 is 1.30 bits per heavy atom. The minimum absolute atomic E-state index is 0. The molecule has 3 nitrogen and oxygen atoms in total. The number of rotatable bonds is 1. The van der Waals surface area contributed by atoms with Crippen molar-refractivity contribution in [2.45, 2.75) is 12.3 Å². The Bertz CT molecular complexity index is 587. The van der Waals surface area contributed by atoms with Gasteiger partial charge in [0.2, 0.25) is 6.10 Å². The van der Waals surface area contributed by atoms with Crippen LogP contribution >= 0.6 is 23.2 Å². The fraction of sp³-hybridized carbons (Fsp3) is 0.182. The van der Waals surface area contributed by atoms with Gasteiger partial charge in [0.05, 0.1) is 11.0 Å². The molecule has 9 heteroatoms. The number of ether oxygens (including phenoxy) is 1. The average Bonchev–Trinajstić information content (AvgIpc) is 2.25. The fourth-order valence-corrected chi connectivity index (χ4v) is 2.20. The number of fused-ring (bicyclic) bond motifs is 1. The van der Waals surface area contributed by atoms with Crippen molar-refractivity contribution in [2.24, 2.45) is 0 Å². The molecule has 1 aliphatic rings. The molecule has 2 rings (SSSR count). The van der Waals surface area contributed by atoms with Crippen LogP contribution in [0.5, 0.6) is 5.75 Å². The van der Waals surface area contributed by atoms with E-state index in [1.807, 2.05) is 0 Å². The fourth-order valence-electron chi connectivity index (χ4n) is 1.65. The van der Waals surface area contributed by atoms with E-state index < -0.39 is 23.8 Å². The summed E-state index contributed by atoms with van der Waals surface area (Å²) >= 11 is 11.4. The molecule has 0 aliphatic carbocycles. The Balaban J connectivity index is 0.00000200. The largest absolute Gasteiger partial charge is 1.00 e. The van der Waals surface area contributed by atoms with Crippen molar-refractivity contribution >= 4 is 35.2 Å². The summed E-state index contributed by atoms with van der Waals surface area (Å²) in [5.74, 6) is -2.23. The Morgan fingerprint density at radius 2 is 1.90 bits per heavy atom. The Labute approximate surface area is 143 Å². The minimum atomic E-state index is -4.90. The normalized spacial score (nSPS) is 17.4. The first-order chi connectivity index (χ1) is 8.70. The maximum atomic E-state index is 12.7. The molecule has 0 saturated carbocycles. The molecular formula is C11H4Cl2F3NaO3. The zero-order valence-corrected chi connectivity index (χ0v) is 13.4. The molecule has 1 aromatic carbocycles. The topological polar surface area (TPSA) is 49.4 Å². The molecule has 1 aromatic rings. The molecule has 0 radical (unpaired) electrons. The van der Waals surface area contributed by atoms with Crippen molar-refractivity contribution in [1.29, 1.82) is 0 Å². The first-order valence-electron chi connectivity index (χ1n) is 4.85. The molecule has 0 spiro atoms. The number of benzene rings is 1. The van der Waals surface area contributed by atoms with Gasteiger partial charge in [-0.2, -0.15) is 13.2 Å². The summed E-state index contributed by atoms with van der Waals surface area (Å²) in [6.07, 6.45) is -6.72. The molecule has 102 valence electrons. The van der Waals surface area contributed by atoms with Crippen molar-refractivity contribution in [1.82, 2.24) is 0 Å². The third-order valence-corrected chi connectivity index (χ3v) is 2.90. The summed E-state index contributed by atoms with van der Waals surface area (Å²) in [6, 6.07) is 2.45. The predicted molar refractivity (Wildman–Crippen MR) is 59.9 cm³/mol. The van der Waals surface area contributed by atoms with Gasteiger partial charge >= 0.3 is 35.7 Å². The second kappa shape index (κ2) is 6.15. The van der Waals surface area contributed by atoms with Crippen molar-refractivity contribution in [3.63, 3.8) is 0 Å². The van der Waals surface area contributed by atoms with E-state index in [0.29, 0.717) is 0 Å². The van der Waals surface area contributed by atoms with Gasteiger partial charge in [-0.3, -0.25) is 0 Å². The van der Waals surface area contributed by atoms with E-state index in [9.17, 15) is 23.1 Å². The molecule has 1 aliphatic heterocycles. The average molecular weight is 335 g/mol. The van der Waals surface area contributed by atoms with Gasteiger partial charge in [0, 0.05) is 16.2 Å². The Hall–Kier alpha value is -0.400. The second-order valence-corrected chi connectivity index (χ2v) is 4.58. The number of hydrogen-bond acceptors (Lipinski definition) is 3. The molecule has 20 heavy (non-hydrogen) atoms. The number of carboxylic acid groups (broad SMARTS) is 1. The second-order valence-electron chi connectivity index (χ2n) is 3.73. The van der Waals surface area contributed by atoms with E-state index in [1.165, 1.54) is 12.1 Å². The summed E-state index contributed by atoms with van der Waals surface area (Å²) in [4.78, 5) is 10.8. The van der Waals surface area contributed by atoms with E-state index in [1.54, 1.807) is 0 Å². The quantitative estimate of drug-likeness (QED) is 0.648. The van der Waals surface area contributed by atoms with Crippen LogP contribution < -0.4 is 39.4 Å². The molecule has 1 heterocycles. The van der Waals surface area contributed by atoms with Crippen LogP contribution in [0.25, 0.3) is 6.08 Å². The maximum absolute atomic E-state index is 12.7. The van der Waals surface area contributed by atoms with Crippen LogP contribution in [-0.4, -0.2) is 18.2 Å². The van der Waals surface area contributed by atoms with Gasteiger partial charge in [-0.05, 0) is 18.2 Å². The molecule has 0 amide bonds. The summed E-state index contributed by atoms with van der Waals surface area (Å²) in [5.41, 5.74) is -0.976. The third-order valence-electron chi connectivity index (χ3n) is 2.40. The number of carboxylic acids is 1. The molecule has 1 atom stereocenters. The van der Waals surface area contributed by atoms with Crippen molar-refractivity contribution in [2.75, 3.05) is 0 Å². The van der Waals surface area contributed by atoms with Crippen LogP contribution in [0.15, 0.2) is 17.7 Å². The van der Waals surface area contributed by atoms with Gasteiger partial charge in [-0.15, -0.1) is 0 Å². The monoisotopic (exact) mass is 334 g/mol. The molecule has 1 unspecified atom stereocenters. The van der Waals surface area contributed by atoms with Gasteiger partial charge in [0.25, 0.3) is 0 Å². The summed E-state index contributed by atoms with van der Waals surface area (Å²) in [7, 11) is 0. The first-order valence-corrected chi connectivity index (χ1v) is 5.61. The van der Waals surface area contributed by atoms with E-state index in [0.717, 1.165) is 6.08 Å². The molecular weight excluding hydrogens is 331 g/mol. The van der Waals surface area contributed by atoms with E-state index in [4.69, 9.17) is 23.2 Å². The molecule has 0 saturated heterocycles. The van der Waals surface area contributed by atoms with Crippen molar-refractivity contribution in [3.05, 3.63) is 33.3 Å². The molecule has 0 fully saturated rings. The van der Waals surface area contributed by atoms with Crippen molar-refractivity contribution < 1.29 is 57.4 Å². The smallest absolute Gasteiger partial charge is 0.545 e. The zero-order valence-electron chi connectivity index (χ0n) is 9.92. The minimum Gasteiger partial charge on any atom is -0.545 e. The first kappa shape index (κ1) is 17.7. The van der Waals surface area contributed by atoms with Crippen LogP contribution in [0.1, 0.15) is 5.56 Å². The number of carbonyl (C=O) groups excluding carboxylic acids is 1. The number of halogens is 5. The van der Waals surface area contributed by atoms with Crippen LogP contribution in [0.2, 0.25) is 10.0 Å². The molecule has 0 N–H and O–H groups in total. The summed E-state index contributed by atoms with van der Waals surface area (Å²) in [5, 5.41) is 10.8. The van der Waals surface area contributed by atoms with E-state index >= 15 is 0 Å². The standard InChI is InChI=1S/C11H5Cl2F3O3.Na/c12-5-1-4-2-6(10(17)18)9(11(14,15)16)19-8(4)7(13)3-5;/h1-3,9H,(H,17,18);/q;+1/p-1. The summed E-state index contributed by atoms with van der Waals surface area (Å²) in [6.45, 7) is 0. The van der Waals surface area contributed by atoms with E-state index in [-0.39, 0.29) is 50.9 Å². The number of carbonyl (C=O) groups is 1. The molecule has 0 bridgehead atoms. The van der Waals surface area contributed by atoms with Crippen LogP contribution in [0.3, 0.4) is 0 Å². The number of hydrogen-bond donors (Lipinski definition) is 0. The van der Waals surface area contributed by atoms with E-state index in [2.05, 4.69) is 4.74 Å². The van der Waals surface area contributed by atoms with Crippen LogP contribution in [0.4, 0.5) is 13.2 Å². The third kappa shape index (κ3) is 3.43. The van der Waals surface area contributed by atoms with Gasteiger partial charge < -0.3 is 14.6 Å². The SMILES string of the molecule is O=C([O-])C1=Cc2cc(Cl)cc(Cl)c2OC1C(F)(F)F.[Na+]. The van der Waals surface area contributed by atoms with Gasteiger partial charge in [0.15, 0.2) is 0 Å². The van der Waals surface area contributed by atoms with Crippen LogP contribution in [0, 0.1) is 0 Å². The number of aliphatic carboxylic acids is 1. The predicted octanol–water partition coefficient (Wildman–Crippen LogP) is -0.546. The maximum Gasteiger partial charge on any atom is 1.00 e. The van der Waals surface area contributed by atoms with Gasteiger partial charge in [-0.25, -0.2) is 0 Å². The molecule has 0 aromatic heterocycles. The van der Waals surface area contributed by atoms with Crippen LogP contribution in [-0.2, 0) is 4.79 Å². The Morgan fingerprint density at radius 3 is 2.40 bits per heavy atom. The number of alkyl halides is 3. The summed E-state index contributed by atoms with van der Waals surface area (Å²) < 4.78 is 42.8.